The molecule has 2 heterocycles. The van der Waals surface area contributed by atoms with Gasteiger partial charge in [-0.25, -0.2) is 0 Å². The van der Waals surface area contributed by atoms with E-state index in [0.717, 1.165) is 11.1 Å². The summed E-state index contributed by atoms with van der Waals surface area (Å²) in [5.41, 5.74) is 0.350. The molecule has 0 spiro atoms. The van der Waals surface area contributed by atoms with Crippen LogP contribution in [0.1, 0.15) is 25.1 Å². The van der Waals surface area contributed by atoms with Gasteiger partial charge in [0.05, 0.1) is 11.0 Å². The van der Waals surface area contributed by atoms with E-state index in [0.29, 0.717) is 10.9 Å². The fourth-order valence-corrected chi connectivity index (χ4v) is 1.76. The van der Waals surface area contributed by atoms with Crippen molar-refractivity contribution in [1.82, 2.24) is 9.97 Å². The van der Waals surface area contributed by atoms with Crippen molar-refractivity contribution >= 4 is 10.8 Å². The number of pyridine rings is 2. The molecule has 0 amide bonds. The summed E-state index contributed by atoms with van der Waals surface area (Å²) in [6.45, 7) is 5.24. The van der Waals surface area contributed by atoms with E-state index in [1.165, 1.54) is 0 Å². The van der Waals surface area contributed by atoms with Crippen LogP contribution in [-0.4, -0.2) is 15.1 Å². The maximum Gasteiger partial charge on any atom is 0.257 e. The van der Waals surface area contributed by atoms with Gasteiger partial charge in [0, 0.05) is 23.7 Å². The summed E-state index contributed by atoms with van der Waals surface area (Å²) in [7, 11) is 0. The maximum absolute atomic E-state index is 11.6. The minimum Gasteiger partial charge on any atom is -0.386 e. The third-order valence-corrected chi connectivity index (χ3v) is 2.58. The lowest BCUT2D eigenvalue weighted by Crippen LogP contribution is -2.19. The highest BCUT2D eigenvalue weighted by atomic mass is 16.3. The molecular formula is C12H14N2O2. The minimum absolute atomic E-state index is 0.185. The third kappa shape index (κ3) is 1.72. The molecule has 0 saturated carbocycles. The second-order valence-corrected chi connectivity index (χ2v) is 4.46. The molecular weight excluding hydrogens is 204 g/mol. The molecule has 0 aromatic carbocycles. The first kappa shape index (κ1) is 10.8. The van der Waals surface area contributed by atoms with Crippen LogP contribution in [0.15, 0.2) is 23.3 Å². The Bertz CT molecular complexity index is 594. The largest absolute Gasteiger partial charge is 0.386 e. The first-order chi connectivity index (χ1) is 7.39. The third-order valence-electron chi connectivity index (χ3n) is 2.58. The normalized spacial score (nSPS) is 12.0. The lowest BCUT2D eigenvalue weighted by atomic mass is 9.95. The van der Waals surface area contributed by atoms with Gasteiger partial charge < -0.3 is 10.1 Å². The predicted molar refractivity (Wildman–Crippen MR) is 62.3 cm³/mol. The second kappa shape index (κ2) is 3.42. The van der Waals surface area contributed by atoms with Crippen molar-refractivity contribution in [2.45, 2.75) is 26.4 Å². The van der Waals surface area contributed by atoms with E-state index < -0.39 is 5.60 Å². The predicted octanol–water partition coefficient (Wildman–Crippen LogP) is 1.46. The summed E-state index contributed by atoms with van der Waals surface area (Å²) in [5, 5.41) is 11.3. The number of rotatable bonds is 1. The molecule has 4 nitrogen and oxygen atoms in total. The molecule has 4 heteroatoms. The topological polar surface area (TPSA) is 66.0 Å². The number of fused-ring (bicyclic) bond motifs is 1. The van der Waals surface area contributed by atoms with Gasteiger partial charge in [-0.15, -0.1) is 0 Å². The molecule has 2 aromatic rings. The van der Waals surface area contributed by atoms with Gasteiger partial charge in [0.25, 0.3) is 5.56 Å². The molecule has 0 fully saturated rings. The molecule has 0 bridgehead atoms. The first-order valence-electron chi connectivity index (χ1n) is 5.10. The van der Waals surface area contributed by atoms with Gasteiger partial charge in [-0.05, 0) is 32.2 Å². The number of nitrogens with one attached hydrogen (secondary N) is 1. The van der Waals surface area contributed by atoms with Crippen molar-refractivity contribution in [2.75, 3.05) is 0 Å². The number of H-pyrrole nitrogens is 1. The van der Waals surface area contributed by atoms with E-state index in [1.807, 2.05) is 13.0 Å². The molecule has 2 rings (SSSR count). The molecule has 0 radical (unpaired) electrons. The van der Waals surface area contributed by atoms with Crippen LogP contribution in [0.4, 0.5) is 0 Å². The Morgan fingerprint density at radius 1 is 1.38 bits per heavy atom. The molecule has 2 aromatic heterocycles. The van der Waals surface area contributed by atoms with Crippen molar-refractivity contribution in [3.05, 3.63) is 40.1 Å². The SMILES string of the molecule is Cc1cc2c(C(C)(C)O)c[nH]c(=O)c2cn1. The van der Waals surface area contributed by atoms with E-state index >= 15 is 0 Å². The highest BCUT2D eigenvalue weighted by molar-refractivity contribution is 5.84. The average molecular weight is 218 g/mol. The molecule has 0 saturated heterocycles. The Balaban J connectivity index is 2.92. The van der Waals surface area contributed by atoms with Gasteiger partial charge in [-0.1, -0.05) is 0 Å². The number of nitrogens with zero attached hydrogens (tertiary/aromatic N) is 1. The Labute approximate surface area is 93.0 Å². The molecule has 2 N–H and O–H groups in total. The minimum atomic E-state index is -0.990. The van der Waals surface area contributed by atoms with Gasteiger partial charge in [-0.2, -0.15) is 0 Å². The van der Waals surface area contributed by atoms with Crippen LogP contribution >= 0.6 is 0 Å². The summed E-state index contributed by atoms with van der Waals surface area (Å²) in [4.78, 5) is 18.3. The Kier molecular flexibility index (Phi) is 2.31. The molecule has 0 aliphatic carbocycles. The highest BCUT2D eigenvalue weighted by Crippen LogP contribution is 2.25. The van der Waals surface area contributed by atoms with Gasteiger partial charge in [0.2, 0.25) is 0 Å². The number of hydrogen-bond donors (Lipinski definition) is 2. The van der Waals surface area contributed by atoms with E-state index in [4.69, 9.17) is 0 Å². The Hall–Kier alpha value is -1.68. The fourth-order valence-electron chi connectivity index (χ4n) is 1.76. The van der Waals surface area contributed by atoms with Crippen molar-refractivity contribution < 1.29 is 5.11 Å². The van der Waals surface area contributed by atoms with E-state index in [2.05, 4.69) is 9.97 Å². The van der Waals surface area contributed by atoms with Crippen LogP contribution in [-0.2, 0) is 5.60 Å². The van der Waals surface area contributed by atoms with Crippen LogP contribution in [0.5, 0.6) is 0 Å². The molecule has 0 atom stereocenters. The van der Waals surface area contributed by atoms with Crippen LogP contribution in [0, 0.1) is 6.92 Å². The number of aromatic amines is 1. The molecule has 16 heavy (non-hydrogen) atoms. The molecule has 84 valence electrons. The van der Waals surface area contributed by atoms with Crippen molar-refractivity contribution in [2.24, 2.45) is 0 Å². The van der Waals surface area contributed by atoms with Crippen LogP contribution in [0.2, 0.25) is 0 Å². The molecule has 0 aliphatic heterocycles. The zero-order valence-corrected chi connectivity index (χ0v) is 9.53. The molecule has 0 aliphatic rings. The quantitative estimate of drug-likeness (QED) is 0.761. The second-order valence-electron chi connectivity index (χ2n) is 4.46. The average Bonchev–Trinajstić information content (AvgIpc) is 2.15. The fraction of sp³-hybridized carbons (Fsp3) is 0.333. The van der Waals surface area contributed by atoms with Gasteiger partial charge in [0.15, 0.2) is 0 Å². The summed E-state index contributed by atoms with van der Waals surface area (Å²) in [6.07, 6.45) is 3.10. The lowest BCUT2D eigenvalue weighted by molar-refractivity contribution is 0.0798. The van der Waals surface area contributed by atoms with Crippen molar-refractivity contribution in [3.8, 4) is 0 Å². The number of hydrogen-bond acceptors (Lipinski definition) is 3. The summed E-state index contributed by atoms with van der Waals surface area (Å²) in [6, 6.07) is 1.82. The van der Waals surface area contributed by atoms with Crippen LogP contribution in [0.3, 0.4) is 0 Å². The van der Waals surface area contributed by atoms with Crippen LogP contribution in [0.25, 0.3) is 10.8 Å². The van der Waals surface area contributed by atoms with Gasteiger partial charge in [0.1, 0.15) is 0 Å². The van der Waals surface area contributed by atoms with Crippen molar-refractivity contribution in [1.29, 1.82) is 0 Å². The van der Waals surface area contributed by atoms with Crippen LogP contribution < -0.4 is 5.56 Å². The van der Waals surface area contributed by atoms with E-state index in [1.54, 1.807) is 26.2 Å². The Morgan fingerprint density at radius 3 is 2.69 bits per heavy atom. The standard InChI is InChI=1S/C12H14N2O2/c1-7-4-8-9(5-13-7)11(15)14-6-10(8)12(2,3)16/h4-6,16H,1-3H3,(H,14,15). The zero-order chi connectivity index (χ0) is 11.9. The Morgan fingerprint density at radius 2 is 2.06 bits per heavy atom. The molecule has 0 unspecified atom stereocenters. The van der Waals surface area contributed by atoms with E-state index in [9.17, 15) is 9.90 Å². The number of aliphatic hydroxyl groups is 1. The smallest absolute Gasteiger partial charge is 0.257 e. The van der Waals surface area contributed by atoms with Crippen molar-refractivity contribution in [3.63, 3.8) is 0 Å². The monoisotopic (exact) mass is 218 g/mol. The highest BCUT2D eigenvalue weighted by Gasteiger charge is 2.20. The summed E-state index contributed by atoms with van der Waals surface area (Å²) < 4.78 is 0. The number of aryl methyl sites for hydroxylation is 1. The summed E-state index contributed by atoms with van der Waals surface area (Å²) >= 11 is 0. The van der Waals surface area contributed by atoms with Gasteiger partial charge in [-0.3, -0.25) is 9.78 Å². The zero-order valence-electron chi connectivity index (χ0n) is 9.53. The maximum atomic E-state index is 11.6. The number of aromatic nitrogens is 2. The van der Waals surface area contributed by atoms with E-state index in [-0.39, 0.29) is 5.56 Å². The first-order valence-corrected chi connectivity index (χ1v) is 5.10. The summed E-state index contributed by atoms with van der Waals surface area (Å²) in [5.74, 6) is 0. The van der Waals surface area contributed by atoms with Gasteiger partial charge >= 0.3 is 0 Å². The lowest BCUT2D eigenvalue weighted by Gasteiger charge is -2.19.